The molecule has 0 radical (unpaired) electrons. The van der Waals surface area contributed by atoms with Crippen LogP contribution in [0, 0.1) is 11.2 Å². The molecule has 9 heteroatoms. The van der Waals surface area contributed by atoms with E-state index in [4.69, 9.17) is 5.11 Å². The monoisotopic (exact) mass is 304 g/mol. The van der Waals surface area contributed by atoms with E-state index >= 15 is 0 Å². The van der Waals surface area contributed by atoms with Gasteiger partial charge in [-0.25, -0.2) is 4.79 Å². The predicted molar refractivity (Wildman–Crippen MR) is 69.0 cm³/mol. The third-order valence-corrected chi connectivity index (χ3v) is 3.22. The van der Waals surface area contributed by atoms with E-state index in [0.29, 0.717) is 10.8 Å². The lowest BCUT2D eigenvalue weighted by Gasteiger charge is -2.28. The number of nitrogens with one attached hydrogen (secondary N) is 1. The van der Waals surface area contributed by atoms with Crippen molar-refractivity contribution in [1.82, 2.24) is 9.55 Å². The third-order valence-electron chi connectivity index (χ3n) is 3.22. The molecule has 0 amide bonds. The molecule has 0 saturated heterocycles. The van der Waals surface area contributed by atoms with Gasteiger partial charge in [0.2, 0.25) is 5.82 Å². The molecule has 0 aliphatic carbocycles. The summed E-state index contributed by atoms with van der Waals surface area (Å²) in [5, 5.41) is 19.0. The molecule has 1 aromatic heterocycles. The zero-order valence-electron chi connectivity index (χ0n) is 11.6. The predicted octanol–water partition coefficient (Wildman–Crippen LogP) is -0.882. The number of aliphatic hydroxyl groups is 2. The molecule has 0 bridgehead atoms. The Morgan fingerprint density at radius 1 is 1.57 bits per heavy atom. The number of aromatic nitrogens is 2. The molecular formula is C12H17FN2O6. The normalized spacial score (nSPS) is 15.3. The van der Waals surface area contributed by atoms with Crippen LogP contribution < -0.4 is 11.2 Å². The summed E-state index contributed by atoms with van der Waals surface area (Å²) in [6.07, 6.45) is -1.33. The summed E-state index contributed by atoms with van der Waals surface area (Å²) in [7, 11) is 1.15. The molecule has 0 saturated carbocycles. The molecule has 0 spiro atoms. The van der Waals surface area contributed by atoms with E-state index in [2.05, 4.69) is 4.74 Å². The van der Waals surface area contributed by atoms with E-state index in [-0.39, 0.29) is 19.4 Å². The Morgan fingerprint density at radius 2 is 2.19 bits per heavy atom. The molecule has 1 aromatic rings. The molecule has 0 aliphatic heterocycles. The van der Waals surface area contributed by atoms with E-state index in [9.17, 15) is 23.9 Å². The van der Waals surface area contributed by atoms with Gasteiger partial charge in [0.1, 0.15) is 6.23 Å². The Hall–Kier alpha value is -2.00. The number of ether oxygens (including phenoxy) is 1. The first kappa shape index (κ1) is 17.1. The second kappa shape index (κ2) is 6.64. The lowest BCUT2D eigenvalue weighted by molar-refractivity contribution is -0.155. The highest BCUT2D eigenvalue weighted by atomic mass is 19.1. The molecule has 0 aliphatic rings. The molecule has 2 atom stereocenters. The number of nitrogens with zero attached hydrogens (tertiary/aromatic N) is 1. The van der Waals surface area contributed by atoms with Gasteiger partial charge < -0.3 is 14.9 Å². The van der Waals surface area contributed by atoms with Crippen LogP contribution in [0.5, 0.6) is 0 Å². The molecule has 0 aromatic carbocycles. The van der Waals surface area contributed by atoms with Crippen molar-refractivity contribution in [3.05, 3.63) is 32.9 Å². The fourth-order valence-corrected chi connectivity index (χ4v) is 1.96. The first-order valence-corrected chi connectivity index (χ1v) is 6.13. The molecule has 8 nitrogen and oxygen atoms in total. The van der Waals surface area contributed by atoms with E-state index in [1.165, 1.54) is 6.92 Å². The summed E-state index contributed by atoms with van der Waals surface area (Å²) in [4.78, 5) is 35.9. The summed E-state index contributed by atoms with van der Waals surface area (Å²) in [5.74, 6) is -1.93. The number of carbonyl (C=O) groups excluding carboxylic acids is 1. The number of hydrogen-bond acceptors (Lipinski definition) is 6. The molecule has 21 heavy (non-hydrogen) atoms. The molecule has 1 rings (SSSR count). The summed E-state index contributed by atoms with van der Waals surface area (Å²) < 4.78 is 18.3. The number of aromatic amines is 1. The van der Waals surface area contributed by atoms with Crippen LogP contribution in [0.15, 0.2) is 15.8 Å². The Bertz CT molecular complexity index is 625. The van der Waals surface area contributed by atoms with Crippen molar-refractivity contribution in [3.63, 3.8) is 0 Å². The topological polar surface area (TPSA) is 122 Å². The third kappa shape index (κ3) is 3.76. The number of aliphatic hydroxyl groups excluding tert-OH is 2. The summed E-state index contributed by atoms with van der Waals surface area (Å²) in [6.45, 7) is 1.10. The maximum atomic E-state index is 13.2. The summed E-state index contributed by atoms with van der Waals surface area (Å²) >= 11 is 0. The minimum absolute atomic E-state index is 0.0165. The lowest BCUT2D eigenvalue weighted by atomic mass is 9.83. The number of halogens is 1. The van der Waals surface area contributed by atoms with Crippen molar-refractivity contribution in [1.29, 1.82) is 0 Å². The minimum Gasteiger partial charge on any atom is -0.469 e. The second-order valence-electron chi connectivity index (χ2n) is 4.85. The summed E-state index contributed by atoms with van der Waals surface area (Å²) in [5.41, 5.74) is -3.48. The number of H-pyrrole nitrogens is 1. The van der Waals surface area contributed by atoms with E-state index < -0.39 is 34.7 Å². The van der Waals surface area contributed by atoms with Gasteiger partial charge >= 0.3 is 11.7 Å². The number of esters is 1. The fraction of sp³-hybridized carbons (Fsp3) is 0.583. The van der Waals surface area contributed by atoms with Crippen LogP contribution in [0.2, 0.25) is 0 Å². The largest absolute Gasteiger partial charge is 0.469 e. The number of methoxy groups -OCH3 is 1. The van der Waals surface area contributed by atoms with Crippen LogP contribution in [0.3, 0.4) is 0 Å². The van der Waals surface area contributed by atoms with Crippen LogP contribution in [0.1, 0.15) is 26.0 Å². The van der Waals surface area contributed by atoms with Crippen molar-refractivity contribution in [2.75, 3.05) is 13.7 Å². The van der Waals surface area contributed by atoms with Gasteiger partial charge in [-0.3, -0.25) is 19.1 Å². The van der Waals surface area contributed by atoms with Gasteiger partial charge in [0, 0.05) is 13.0 Å². The summed E-state index contributed by atoms with van der Waals surface area (Å²) in [6, 6.07) is 0. The SMILES string of the molecule is COC(=O)[C@](C)(CCO)C[C@@H](O)n1cc(F)c(=O)[nH]c1=O. The van der Waals surface area contributed by atoms with E-state index in [1.807, 2.05) is 0 Å². The first-order valence-electron chi connectivity index (χ1n) is 6.13. The van der Waals surface area contributed by atoms with Gasteiger partial charge in [-0.05, 0) is 13.3 Å². The molecule has 3 N–H and O–H groups in total. The van der Waals surface area contributed by atoms with Crippen molar-refractivity contribution < 1.29 is 24.1 Å². The van der Waals surface area contributed by atoms with Crippen LogP contribution in [-0.2, 0) is 9.53 Å². The van der Waals surface area contributed by atoms with Crippen molar-refractivity contribution in [2.24, 2.45) is 5.41 Å². The van der Waals surface area contributed by atoms with Crippen molar-refractivity contribution in [2.45, 2.75) is 26.0 Å². The minimum atomic E-state index is -1.57. The van der Waals surface area contributed by atoms with Gasteiger partial charge in [0.05, 0.1) is 18.7 Å². The van der Waals surface area contributed by atoms with Crippen LogP contribution in [0.25, 0.3) is 0 Å². The quantitative estimate of drug-likeness (QED) is 0.587. The number of rotatable bonds is 6. The second-order valence-corrected chi connectivity index (χ2v) is 4.85. The molecule has 0 fully saturated rings. The molecule has 1 heterocycles. The van der Waals surface area contributed by atoms with E-state index in [0.717, 1.165) is 7.11 Å². The molecular weight excluding hydrogens is 287 g/mol. The molecule has 118 valence electrons. The van der Waals surface area contributed by atoms with Crippen molar-refractivity contribution >= 4 is 5.97 Å². The smallest absolute Gasteiger partial charge is 0.330 e. The first-order chi connectivity index (χ1) is 9.75. The highest BCUT2D eigenvalue weighted by molar-refractivity contribution is 5.76. The Kier molecular flexibility index (Phi) is 5.39. The maximum Gasteiger partial charge on any atom is 0.330 e. The van der Waals surface area contributed by atoms with Crippen LogP contribution in [-0.4, -0.2) is 39.5 Å². The van der Waals surface area contributed by atoms with Gasteiger partial charge in [0.25, 0.3) is 5.56 Å². The van der Waals surface area contributed by atoms with Crippen LogP contribution >= 0.6 is 0 Å². The molecule has 0 unspecified atom stereocenters. The fourth-order valence-electron chi connectivity index (χ4n) is 1.96. The van der Waals surface area contributed by atoms with Crippen molar-refractivity contribution in [3.8, 4) is 0 Å². The standard InChI is InChI=1S/C12H17FN2O6/c1-12(3-4-16,10(19)21-2)5-8(17)15-6-7(13)9(18)14-11(15)20/h6,8,16-17H,3-5H2,1-2H3,(H,14,18,20)/t8-,12-/m1/s1. The van der Waals surface area contributed by atoms with Gasteiger partial charge in [-0.15, -0.1) is 0 Å². The Morgan fingerprint density at radius 3 is 2.71 bits per heavy atom. The average Bonchev–Trinajstić information content (AvgIpc) is 2.41. The lowest BCUT2D eigenvalue weighted by Crippen LogP contribution is -2.38. The average molecular weight is 304 g/mol. The zero-order valence-corrected chi connectivity index (χ0v) is 11.6. The van der Waals surface area contributed by atoms with Crippen LogP contribution in [0.4, 0.5) is 4.39 Å². The highest BCUT2D eigenvalue weighted by Gasteiger charge is 2.37. The maximum absolute atomic E-state index is 13.2. The Labute approximate surface area is 118 Å². The van der Waals surface area contributed by atoms with E-state index in [1.54, 1.807) is 4.98 Å². The van der Waals surface area contributed by atoms with Gasteiger partial charge in [-0.1, -0.05) is 0 Å². The zero-order chi connectivity index (χ0) is 16.2. The Balaban J connectivity index is 3.11. The number of carbonyl (C=O) groups is 1. The van der Waals surface area contributed by atoms with Gasteiger partial charge in [-0.2, -0.15) is 4.39 Å². The van der Waals surface area contributed by atoms with Gasteiger partial charge in [0.15, 0.2) is 0 Å². The number of hydrogen-bond donors (Lipinski definition) is 3. The highest BCUT2D eigenvalue weighted by Crippen LogP contribution is 2.31.